The van der Waals surface area contributed by atoms with Gasteiger partial charge in [-0.1, -0.05) is 32.6 Å². The Kier molecular flexibility index (Phi) is 5.04. The van der Waals surface area contributed by atoms with Gasteiger partial charge in [0.25, 0.3) is 0 Å². The van der Waals surface area contributed by atoms with Crippen LogP contribution in [0.5, 0.6) is 0 Å². The molecular formula is C15H28N2O. The largest absolute Gasteiger partial charge is 0.341 e. The van der Waals surface area contributed by atoms with Gasteiger partial charge in [0.2, 0.25) is 5.91 Å². The van der Waals surface area contributed by atoms with E-state index in [-0.39, 0.29) is 5.92 Å². The van der Waals surface area contributed by atoms with Crippen LogP contribution in [0.1, 0.15) is 51.9 Å². The third-order valence-corrected chi connectivity index (χ3v) is 4.72. The average Bonchev–Trinajstić information content (AvgIpc) is 2.90. The minimum absolute atomic E-state index is 0.226. The summed E-state index contributed by atoms with van der Waals surface area (Å²) in [5.74, 6) is 1.43. The number of piperidine rings is 1. The van der Waals surface area contributed by atoms with Gasteiger partial charge in [0.05, 0.1) is 0 Å². The molecule has 2 atom stereocenters. The fraction of sp³-hybridized carbons (Fsp3) is 0.933. The number of amides is 1. The van der Waals surface area contributed by atoms with Crippen molar-refractivity contribution >= 4 is 5.91 Å². The maximum absolute atomic E-state index is 12.4. The van der Waals surface area contributed by atoms with Gasteiger partial charge >= 0.3 is 0 Å². The van der Waals surface area contributed by atoms with E-state index in [2.05, 4.69) is 17.1 Å². The van der Waals surface area contributed by atoms with Crippen molar-refractivity contribution in [3.05, 3.63) is 0 Å². The Morgan fingerprint density at radius 1 is 1.28 bits per heavy atom. The molecule has 2 rings (SSSR count). The number of hydrogen-bond donors (Lipinski definition) is 1. The molecule has 0 aromatic heterocycles. The zero-order valence-corrected chi connectivity index (χ0v) is 12.0. The summed E-state index contributed by atoms with van der Waals surface area (Å²) in [5, 5.41) is 3.31. The molecule has 1 heterocycles. The zero-order valence-electron chi connectivity index (χ0n) is 12.0. The summed E-state index contributed by atoms with van der Waals surface area (Å²) in [6, 6.07) is 0.501. The number of likely N-dealkylation sites (N-methyl/N-ethyl adjacent to an activating group) is 1. The average molecular weight is 252 g/mol. The van der Waals surface area contributed by atoms with Gasteiger partial charge in [-0.05, 0) is 32.2 Å². The van der Waals surface area contributed by atoms with E-state index >= 15 is 0 Å². The Morgan fingerprint density at radius 2 is 2.00 bits per heavy atom. The molecule has 2 fully saturated rings. The molecule has 0 bridgehead atoms. The fourth-order valence-corrected chi connectivity index (χ4v) is 3.57. The first-order valence-corrected chi connectivity index (χ1v) is 7.66. The van der Waals surface area contributed by atoms with Crippen molar-refractivity contribution in [3.8, 4) is 0 Å². The maximum Gasteiger partial charge on any atom is 0.225 e. The molecule has 3 heteroatoms. The minimum atomic E-state index is 0.226. The Balaban J connectivity index is 1.81. The van der Waals surface area contributed by atoms with Crippen molar-refractivity contribution < 1.29 is 4.79 Å². The van der Waals surface area contributed by atoms with Crippen molar-refractivity contribution in [2.24, 2.45) is 11.8 Å². The summed E-state index contributed by atoms with van der Waals surface area (Å²) >= 11 is 0. The molecule has 1 aliphatic carbocycles. The molecule has 0 aromatic carbocycles. The second-order valence-electron chi connectivity index (χ2n) is 6.20. The van der Waals surface area contributed by atoms with Gasteiger partial charge < -0.3 is 10.2 Å². The molecule has 1 N–H and O–H groups in total. The highest BCUT2D eigenvalue weighted by molar-refractivity contribution is 5.78. The summed E-state index contributed by atoms with van der Waals surface area (Å²) in [6.07, 6.45) is 8.89. The molecule has 104 valence electrons. The number of rotatable bonds is 4. The smallest absolute Gasteiger partial charge is 0.225 e. The molecule has 2 unspecified atom stereocenters. The molecule has 0 spiro atoms. The summed E-state index contributed by atoms with van der Waals surface area (Å²) in [4.78, 5) is 14.5. The number of nitrogens with zero attached hydrogens (tertiary/aromatic N) is 1. The van der Waals surface area contributed by atoms with Crippen molar-refractivity contribution in [2.45, 2.75) is 57.9 Å². The molecule has 1 aliphatic heterocycles. The van der Waals surface area contributed by atoms with Crippen LogP contribution in [0.4, 0.5) is 0 Å². The van der Waals surface area contributed by atoms with Crippen LogP contribution in [0.2, 0.25) is 0 Å². The molecule has 0 radical (unpaired) electrons. The summed E-state index contributed by atoms with van der Waals surface area (Å²) in [7, 11) is 2.00. The highest BCUT2D eigenvalue weighted by atomic mass is 16.2. The molecule has 0 aromatic rings. The van der Waals surface area contributed by atoms with Crippen molar-refractivity contribution in [3.63, 3.8) is 0 Å². The quantitative estimate of drug-likeness (QED) is 0.833. The van der Waals surface area contributed by atoms with Crippen molar-refractivity contribution in [1.29, 1.82) is 0 Å². The lowest BCUT2D eigenvalue weighted by Crippen LogP contribution is -2.48. The van der Waals surface area contributed by atoms with E-state index < -0.39 is 0 Å². The van der Waals surface area contributed by atoms with Gasteiger partial charge in [-0.2, -0.15) is 0 Å². The van der Waals surface area contributed by atoms with Crippen LogP contribution in [0.15, 0.2) is 0 Å². The van der Waals surface area contributed by atoms with Crippen LogP contribution >= 0.6 is 0 Å². The van der Waals surface area contributed by atoms with Gasteiger partial charge in [0.15, 0.2) is 0 Å². The van der Waals surface area contributed by atoms with E-state index in [1.54, 1.807) is 0 Å². The third-order valence-electron chi connectivity index (χ3n) is 4.72. The van der Waals surface area contributed by atoms with Crippen LogP contribution in [-0.4, -0.2) is 37.0 Å². The van der Waals surface area contributed by atoms with E-state index in [1.807, 2.05) is 7.05 Å². The normalized spacial score (nSPS) is 27.4. The molecule has 18 heavy (non-hydrogen) atoms. The Hall–Kier alpha value is -0.570. The van der Waals surface area contributed by atoms with Crippen molar-refractivity contribution in [1.82, 2.24) is 10.2 Å². The minimum Gasteiger partial charge on any atom is -0.341 e. The topological polar surface area (TPSA) is 32.3 Å². The SMILES string of the molecule is CNC1CCCN(C(=O)C(C)CC2CCCC2)C1. The van der Waals surface area contributed by atoms with Gasteiger partial charge in [0.1, 0.15) is 0 Å². The second-order valence-corrected chi connectivity index (χ2v) is 6.20. The summed E-state index contributed by atoms with van der Waals surface area (Å²) < 4.78 is 0. The Bertz CT molecular complexity index is 274. The van der Waals surface area contributed by atoms with Crippen LogP contribution in [0.25, 0.3) is 0 Å². The molecule has 1 saturated carbocycles. The molecule has 3 nitrogen and oxygen atoms in total. The number of nitrogens with one attached hydrogen (secondary N) is 1. The highest BCUT2D eigenvalue weighted by Gasteiger charge is 2.28. The van der Waals surface area contributed by atoms with Crippen LogP contribution in [0, 0.1) is 11.8 Å². The van der Waals surface area contributed by atoms with Gasteiger partial charge in [-0.25, -0.2) is 0 Å². The number of hydrogen-bond acceptors (Lipinski definition) is 2. The summed E-state index contributed by atoms with van der Waals surface area (Å²) in [6.45, 7) is 4.00. The Labute approximate surface area is 111 Å². The van der Waals surface area contributed by atoms with Crippen molar-refractivity contribution in [2.75, 3.05) is 20.1 Å². The van der Waals surface area contributed by atoms with E-state index in [4.69, 9.17) is 0 Å². The monoisotopic (exact) mass is 252 g/mol. The van der Waals surface area contributed by atoms with Gasteiger partial charge in [0, 0.05) is 25.0 Å². The summed E-state index contributed by atoms with van der Waals surface area (Å²) in [5.41, 5.74) is 0. The van der Waals surface area contributed by atoms with E-state index in [0.29, 0.717) is 11.9 Å². The standard InChI is InChI=1S/C15H28N2O/c1-12(10-13-6-3-4-7-13)15(18)17-9-5-8-14(11-17)16-2/h12-14,16H,3-11H2,1-2H3. The van der Waals surface area contributed by atoms with Crippen LogP contribution in [0.3, 0.4) is 0 Å². The third kappa shape index (κ3) is 3.47. The van der Waals surface area contributed by atoms with Crippen LogP contribution in [-0.2, 0) is 4.79 Å². The number of carbonyl (C=O) groups is 1. The molecule has 1 saturated heterocycles. The second kappa shape index (κ2) is 6.55. The predicted molar refractivity (Wildman–Crippen MR) is 74.4 cm³/mol. The molecular weight excluding hydrogens is 224 g/mol. The fourth-order valence-electron chi connectivity index (χ4n) is 3.57. The molecule has 1 amide bonds. The lowest BCUT2D eigenvalue weighted by molar-refractivity contribution is -0.136. The Morgan fingerprint density at radius 3 is 2.67 bits per heavy atom. The highest BCUT2D eigenvalue weighted by Crippen LogP contribution is 2.31. The van der Waals surface area contributed by atoms with Gasteiger partial charge in [-0.15, -0.1) is 0 Å². The number of carbonyl (C=O) groups excluding carboxylic acids is 1. The lowest BCUT2D eigenvalue weighted by Gasteiger charge is -2.34. The zero-order chi connectivity index (χ0) is 13.0. The van der Waals surface area contributed by atoms with E-state index in [1.165, 1.54) is 32.1 Å². The van der Waals surface area contributed by atoms with E-state index in [0.717, 1.165) is 31.8 Å². The lowest BCUT2D eigenvalue weighted by atomic mass is 9.93. The molecule has 2 aliphatic rings. The van der Waals surface area contributed by atoms with Gasteiger partial charge in [-0.3, -0.25) is 4.79 Å². The first kappa shape index (κ1) is 13.9. The first-order valence-electron chi connectivity index (χ1n) is 7.66. The predicted octanol–water partition coefficient (Wildman–Crippen LogP) is 2.41. The maximum atomic E-state index is 12.4. The number of likely N-dealkylation sites (tertiary alicyclic amines) is 1. The first-order chi connectivity index (χ1) is 8.70. The van der Waals surface area contributed by atoms with E-state index in [9.17, 15) is 4.79 Å². The van der Waals surface area contributed by atoms with Crippen LogP contribution < -0.4 is 5.32 Å².